The van der Waals surface area contributed by atoms with Gasteiger partial charge in [0, 0.05) is 17.7 Å². The van der Waals surface area contributed by atoms with Gasteiger partial charge < -0.3 is 4.90 Å². The quantitative estimate of drug-likeness (QED) is 0.422. The van der Waals surface area contributed by atoms with Gasteiger partial charge in [-0.15, -0.1) is 0 Å². The fourth-order valence-electron chi connectivity index (χ4n) is 3.97. The maximum absolute atomic E-state index is 5.09. The summed E-state index contributed by atoms with van der Waals surface area (Å²) in [5.74, 6) is 0. The summed E-state index contributed by atoms with van der Waals surface area (Å²) in [5.41, 5.74) is 4.84. The number of rotatable bonds is 6. The monoisotopic (exact) mass is 356 g/mol. The van der Waals surface area contributed by atoms with Crippen LogP contribution in [-0.4, -0.2) is 36.8 Å². The van der Waals surface area contributed by atoms with Gasteiger partial charge >= 0.3 is 0 Å². The molecule has 0 saturated carbocycles. The number of nitrogens with zero attached hydrogens (tertiary/aromatic N) is 2. The standard InChI is InChI=1S/C25H28N2/c1-20-12-14-22(15-13-20)25(26-16-7-19-27-17-4-5-18-27)24-11-6-9-21-8-2-3-10-23(21)24/h2-3,6,8-15H,4-5,7,16-19H2,1H3. The highest BCUT2D eigenvalue weighted by Gasteiger charge is 2.12. The van der Waals surface area contributed by atoms with E-state index < -0.39 is 0 Å². The van der Waals surface area contributed by atoms with Crippen LogP contribution in [0, 0.1) is 6.92 Å². The van der Waals surface area contributed by atoms with Crippen LogP contribution >= 0.6 is 0 Å². The number of hydrogen-bond acceptors (Lipinski definition) is 2. The number of fused-ring (bicyclic) bond motifs is 1. The van der Waals surface area contributed by atoms with Gasteiger partial charge in [-0.1, -0.05) is 72.3 Å². The molecule has 138 valence electrons. The van der Waals surface area contributed by atoms with E-state index in [0.29, 0.717) is 0 Å². The Hall–Kier alpha value is -2.45. The summed E-state index contributed by atoms with van der Waals surface area (Å²) in [5, 5.41) is 2.55. The Kier molecular flexibility index (Phi) is 5.64. The number of aryl methyl sites for hydroxylation is 1. The van der Waals surface area contributed by atoms with E-state index in [4.69, 9.17) is 4.99 Å². The molecule has 1 heterocycles. The lowest BCUT2D eigenvalue weighted by Crippen LogP contribution is -2.21. The van der Waals surface area contributed by atoms with Gasteiger partial charge in [0.05, 0.1) is 5.71 Å². The fraction of sp³-hybridized carbons (Fsp3) is 0.320. The summed E-state index contributed by atoms with van der Waals surface area (Å²) in [6.07, 6.45) is 3.84. The van der Waals surface area contributed by atoms with Gasteiger partial charge in [0.1, 0.15) is 0 Å². The van der Waals surface area contributed by atoms with Crippen molar-refractivity contribution in [2.75, 3.05) is 26.2 Å². The predicted molar refractivity (Wildman–Crippen MR) is 116 cm³/mol. The molecule has 3 aromatic rings. The number of likely N-dealkylation sites (tertiary alicyclic amines) is 1. The Morgan fingerprint density at radius 3 is 2.44 bits per heavy atom. The number of hydrogen-bond donors (Lipinski definition) is 0. The molecule has 4 rings (SSSR count). The number of aliphatic imine (C=N–C) groups is 1. The summed E-state index contributed by atoms with van der Waals surface area (Å²) in [7, 11) is 0. The molecule has 2 nitrogen and oxygen atoms in total. The van der Waals surface area contributed by atoms with Crippen LogP contribution in [-0.2, 0) is 0 Å². The molecule has 3 aromatic carbocycles. The fourth-order valence-corrected chi connectivity index (χ4v) is 3.97. The van der Waals surface area contributed by atoms with Crippen molar-refractivity contribution < 1.29 is 0 Å². The molecule has 0 aromatic heterocycles. The molecule has 0 aliphatic carbocycles. The third-order valence-corrected chi connectivity index (χ3v) is 5.47. The molecular weight excluding hydrogens is 328 g/mol. The van der Waals surface area contributed by atoms with Crippen molar-refractivity contribution in [1.82, 2.24) is 4.90 Å². The third-order valence-electron chi connectivity index (χ3n) is 5.47. The summed E-state index contributed by atoms with van der Waals surface area (Å²) < 4.78 is 0. The van der Waals surface area contributed by atoms with E-state index in [1.54, 1.807) is 0 Å². The van der Waals surface area contributed by atoms with Gasteiger partial charge in [-0.2, -0.15) is 0 Å². The highest BCUT2D eigenvalue weighted by atomic mass is 15.1. The lowest BCUT2D eigenvalue weighted by molar-refractivity contribution is 0.336. The topological polar surface area (TPSA) is 15.6 Å². The Bertz CT molecular complexity index is 913. The molecule has 0 N–H and O–H groups in total. The normalized spacial score (nSPS) is 15.5. The lowest BCUT2D eigenvalue weighted by atomic mass is 9.96. The second-order valence-corrected chi connectivity index (χ2v) is 7.53. The molecule has 0 radical (unpaired) electrons. The second-order valence-electron chi connectivity index (χ2n) is 7.53. The third kappa shape index (κ3) is 4.28. The molecule has 0 unspecified atom stereocenters. The van der Waals surface area contributed by atoms with E-state index in [1.807, 2.05) is 0 Å². The average molecular weight is 357 g/mol. The zero-order valence-corrected chi connectivity index (χ0v) is 16.2. The molecule has 0 spiro atoms. The van der Waals surface area contributed by atoms with Gasteiger partial charge in [-0.25, -0.2) is 0 Å². The zero-order valence-electron chi connectivity index (χ0n) is 16.2. The van der Waals surface area contributed by atoms with Crippen LogP contribution in [0.3, 0.4) is 0 Å². The van der Waals surface area contributed by atoms with Gasteiger partial charge in [-0.05, 0) is 56.6 Å². The highest BCUT2D eigenvalue weighted by molar-refractivity contribution is 6.19. The average Bonchev–Trinajstić information content (AvgIpc) is 3.22. The van der Waals surface area contributed by atoms with Crippen molar-refractivity contribution in [2.45, 2.75) is 26.2 Å². The second kappa shape index (κ2) is 8.49. The summed E-state index contributed by atoms with van der Waals surface area (Å²) in [6.45, 7) is 6.70. The largest absolute Gasteiger partial charge is 0.303 e. The maximum Gasteiger partial charge on any atom is 0.0725 e. The molecule has 0 atom stereocenters. The minimum atomic E-state index is 0.878. The predicted octanol–water partition coefficient (Wildman–Crippen LogP) is 5.47. The van der Waals surface area contributed by atoms with Crippen molar-refractivity contribution >= 4 is 16.5 Å². The first kappa shape index (κ1) is 17.9. The van der Waals surface area contributed by atoms with E-state index in [9.17, 15) is 0 Å². The van der Waals surface area contributed by atoms with Crippen LogP contribution in [0.2, 0.25) is 0 Å². The van der Waals surface area contributed by atoms with Crippen molar-refractivity contribution in [2.24, 2.45) is 4.99 Å². The highest BCUT2D eigenvalue weighted by Crippen LogP contribution is 2.22. The van der Waals surface area contributed by atoms with Crippen molar-refractivity contribution in [1.29, 1.82) is 0 Å². The SMILES string of the molecule is Cc1ccc(C(=NCCCN2CCCC2)c2cccc3ccccc23)cc1. The van der Waals surface area contributed by atoms with Gasteiger partial charge in [0.25, 0.3) is 0 Å². The summed E-state index contributed by atoms with van der Waals surface area (Å²) in [4.78, 5) is 7.66. The van der Waals surface area contributed by atoms with Crippen LogP contribution in [0.4, 0.5) is 0 Å². The Morgan fingerprint density at radius 1 is 0.889 bits per heavy atom. The van der Waals surface area contributed by atoms with Crippen molar-refractivity contribution in [3.05, 3.63) is 83.4 Å². The first-order chi connectivity index (χ1) is 13.3. The van der Waals surface area contributed by atoms with E-state index in [-0.39, 0.29) is 0 Å². The Morgan fingerprint density at radius 2 is 1.63 bits per heavy atom. The van der Waals surface area contributed by atoms with Crippen LogP contribution < -0.4 is 0 Å². The maximum atomic E-state index is 5.09. The molecule has 27 heavy (non-hydrogen) atoms. The molecule has 0 amide bonds. The van der Waals surface area contributed by atoms with Gasteiger partial charge in [0.15, 0.2) is 0 Å². The summed E-state index contributed by atoms with van der Waals surface area (Å²) >= 11 is 0. The van der Waals surface area contributed by atoms with Crippen LogP contribution in [0.15, 0.2) is 71.7 Å². The molecule has 0 bridgehead atoms. The van der Waals surface area contributed by atoms with Crippen molar-refractivity contribution in [3.8, 4) is 0 Å². The van der Waals surface area contributed by atoms with Gasteiger partial charge in [-0.3, -0.25) is 4.99 Å². The minimum absolute atomic E-state index is 0.878. The van der Waals surface area contributed by atoms with Crippen LogP contribution in [0.25, 0.3) is 10.8 Å². The van der Waals surface area contributed by atoms with Gasteiger partial charge in [0.2, 0.25) is 0 Å². The number of benzene rings is 3. The first-order valence-electron chi connectivity index (χ1n) is 10.1. The van der Waals surface area contributed by atoms with Crippen molar-refractivity contribution in [3.63, 3.8) is 0 Å². The van der Waals surface area contributed by atoms with E-state index in [1.165, 1.54) is 59.9 Å². The molecule has 1 aliphatic heterocycles. The minimum Gasteiger partial charge on any atom is -0.303 e. The van der Waals surface area contributed by atoms with E-state index in [2.05, 4.69) is 78.6 Å². The van der Waals surface area contributed by atoms with E-state index in [0.717, 1.165) is 18.7 Å². The van der Waals surface area contributed by atoms with Crippen LogP contribution in [0.1, 0.15) is 36.0 Å². The molecule has 1 saturated heterocycles. The first-order valence-corrected chi connectivity index (χ1v) is 10.1. The van der Waals surface area contributed by atoms with Crippen LogP contribution in [0.5, 0.6) is 0 Å². The Labute approximate surface area is 162 Å². The summed E-state index contributed by atoms with van der Waals surface area (Å²) in [6, 6.07) is 23.9. The molecular formula is C25H28N2. The molecule has 2 heteroatoms. The Balaban J connectivity index is 1.64. The molecule has 1 fully saturated rings. The zero-order chi connectivity index (χ0) is 18.5. The lowest BCUT2D eigenvalue weighted by Gasteiger charge is -2.14. The van der Waals surface area contributed by atoms with E-state index >= 15 is 0 Å². The smallest absolute Gasteiger partial charge is 0.0725 e. The molecule has 1 aliphatic rings.